The highest BCUT2D eigenvalue weighted by Crippen LogP contribution is 2.22. The Morgan fingerprint density at radius 1 is 1.29 bits per heavy atom. The molecule has 1 aromatic heterocycles. The first-order valence-corrected chi connectivity index (χ1v) is 7.59. The van der Waals surface area contributed by atoms with Crippen molar-refractivity contribution in [3.05, 3.63) is 42.8 Å². The number of allylic oxidation sites excluding steroid dienone is 2. The fourth-order valence-corrected chi connectivity index (χ4v) is 2.27. The van der Waals surface area contributed by atoms with Crippen LogP contribution in [0.4, 0.5) is 0 Å². The minimum atomic E-state index is 0.838. The molecule has 0 amide bonds. The number of unbranched alkanes of at least 4 members (excludes halogenated alkanes) is 3. The zero-order valence-corrected chi connectivity index (χ0v) is 12.9. The average molecular weight is 283 g/mol. The highest BCUT2D eigenvalue weighted by Gasteiger charge is 2.09. The van der Waals surface area contributed by atoms with Crippen LogP contribution in [-0.2, 0) is 6.54 Å². The van der Waals surface area contributed by atoms with Crippen LogP contribution in [0.15, 0.2) is 30.3 Å². The molecule has 111 valence electrons. The summed E-state index contributed by atoms with van der Waals surface area (Å²) in [4.78, 5) is 0. The molecule has 4 heteroatoms. The van der Waals surface area contributed by atoms with Crippen LogP contribution in [0.1, 0.15) is 45.1 Å². The fraction of sp³-hybridized carbons (Fsp3) is 0.412. The van der Waals surface area contributed by atoms with Crippen LogP contribution in [0.2, 0.25) is 0 Å². The number of nitrogens with zero attached hydrogens (tertiary/aromatic N) is 4. The second-order valence-corrected chi connectivity index (χ2v) is 5.25. The lowest BCUT2D eigenvalue weighted by Crippen LogP contribution is -2.03. The van der Waals surface area contributed by atoms with Crippen molar-refractivity contribution in [2.24, 2.45) is 0 Å². The lowest BCUT2D eigenvalue weighted by molar-refractivity contribution is 0.531. The second-order valence-electron chi connectivity index (χ2n) is 5.25. The van der Waals surface area contributed by atoms with Crippen molar-refractivity contribution < 1.29 is 0 Å². The van der Waals surface area contributed by atoms with E-state index in [0.29, 0.717) is 0 Å². The lowest BCUT2D eigenvalue weighted by Gasteiger charge is -2.07. The molecular weight excluding hydrogens is 260 g/mol. The van der Waals surface area contributed by atoms with Gasteiger partial charge in [0.2, 0.25) is 0 Å². The van der Waals surface area contributed by atoms with Gasteiger partial charge in [-0.2, -0.15) is 0 Å². The van der Waals surface area contributed by atoms with Gasteiger partial charge in [-0.25, -0.2) is 4.68 Å². The SMILES string of the molecule is [CH2]C=C(C)c1cccc(-c2nnnn2CCCCCC)c1. The van der Waals surface area contributed by atoms with E-state index < -0.39 is 0 Å². The van der Waals surface area contributed by atoms with Gasteiger partial charge in [0.1, 0.15) is 0 Å². The Balaban J connectivity index is 2.17. The number of rotatable bonds is 7. The third-order valence-electron chi connectivity index (χ3n) is 3.64. The number of tetrazole rings is 1. The van der Waals surface area contributed by atoms with Crippen molar-refractivity contribution in [2.75, 3.05) is 0 Å². The van der Waals surface area contributed by atoms with E-state index in [-0.39, 0.29) is 0 Å². The molecule has 0 unspecified atom stereocenters. The zero-order chi connectivity index (χ0) is 15.1. The van der Waals surface area contributed by atoms with Crippen LogP contribution in [0.25, 0.3) is 17.0 Å². The molecule has 2 aromatic rings. The predicted octanol–water partition coefficient (Wildman–Crippen LogP) is 4.16. The van der Waals surface area contributed by atoms with Crippen LogP contribution < -0.4 is 0 Å². The lowest BCUT2D eigenvalue weighted by atomic mass is 10.0. The van der Waals surface area contributed by atoms with E-state index in [0.717, 1.165) is 35.5 Å². The Bertz CT molecular complexity index is 598. The number of hydrogen-bond donors (Lipinski definition) is 0. The van der Waals surface area contributed by atoms with Crippen molar-refractivity contribution >= 4 is 5.57 Å². The maximum atomic E-state index is 4.18. The molecule has 0 atom stereocenters. The van der Waals surface area contributed by atoms with E-state index in [1.54, 1.807) is 0 Å². The third-order valence-corrected chi connectivity index (χ3v) is 3.64. The van der Waals surface area contributed by atoms with E-state index in [2.05, 4.69) is 48.4 Å². The van der Waals surface area contributed by atoms with Crippen LogP contribution >= 0.6 is 0 Å². The zero-order valence-electron chi connectivity index (χ0n) is 12.9. The fourth-order valence-electron chi connectivity index (χ4n) is 2.27. The van der Waals surface area contributed by atoms with Crippen molar-refractivity contribution in [3.8, 4) is 11.4 Å². The number of hydrogen-bond acceptors (Lipinski definition) is 3. The molecule has 1 aromatic carbocycles. The number of aryl methyl sites for hydroxylation is 1. The number of aromatic nitrogens is 4. The molecule has 1 radical (unpaired) electrons. The van der Waals surface area contributed by atoms with Gasteiger partial charge in [-0.1, -0.05) is 50.5 Å². The van der Waals surface area contributed by atoms with Crippen molar-refractivity contribution in [1.29, 1.82) is 0 Å². The molecule has 0 aliphatic carbocycles. The molecule has 0 bridgehead atoms. The van der Waals surface area contributed by atoms with Gasteiger partial charge in [-0.15, -0.1) is 5.10 Å². The first kappa shape index (κ1) is 15.4. The molecular formula is C17H23N4. The third kappa shape index (κ3) is 4.00. The minimum Gasteiger partial charge on any atom is -0.225 e. The standard InChI is InChI=1S/C17H23N4/c1-4-6-7-8-12-21-17(18-19-20-21)16-11-9-10-15(13-16)14(3)5-2/h5,9-11,13H,2,4,6-8,12H2,1,3H3. The maximum Gasteiger partial charge on any atom is 0.182 e. The molecule has 0 spiro atoms. The maximum absolute atomic E-state index is 4.18. The first-order valence-electron chi connectivity index (χ1n) is 7.59. The summed E-state index contributed by atoms with van der Waals surface area (Å²) < 4.78 is 1.90. The summed E-state index contributed by atoms with van der Waals surface area (Å²) in [6.45, 7) is 8.96. The molecule has 1 heterocycles. The van der Waals surface area contributed by atoms with Crippen molar-refractivity contribution in [1.82, 2.24) is 20.2 Å². The first-order chi connectivity index (χ1) is 10.3. The van der Waals surface area contributed by atoms with Gasteiger partial charge >= 0.3 is 0 Å². The quantitative estimate of drug-likeness (QED) is 0.717. The summed E-state index contributed by atoms with van der Waals surface area (Å²) in [5, 5.41) is 12.1. The average Bonchev–Trinajstić information content (AvgIpc) is 2.99. The van der Waals surface area contributed by atoms with Crippen LogP contribution in [0.5, 0.6) is 0 Å². The molecule has 21 heavy (non-hydrogen) atoms. The van der Waals surface area contributed by atoms with Gasteiger partial charge in [0.05, 0.1) is 0 Å². The molecule has 0 saturated carbocycles. The Morgan fingerprint density at radius 3 is 2.90 bits per heavy atom. The van der Waals surface area contributed by atoms with Crippen molar-refractivity contribution in [2.45, 2.75) is 46.1 Å². The summed E-state index contributed by atoms with van der Waals surface area (Å²) in [7, 11) is 0. The Kier molecular flexibility index (Phi) is 5.67. The van der Waals surface area contributed by atoms with E-state index in [1.165, 1.54) is 19.3 Å². The van der Waals surface area contributed by atoms with Gasteiger partial charge in [-0.3, -0.25) is 0 Å². The summed E-state index contributed by atoms with van der Waals surface area (Å²) >= 11 is 0. The van der Waals surface area contributed by atoms with Gasteiger partial charge in [-0.05, 0) is 47.9 Å². The normalized spacial score (nSPS) is 11.9. The second kappa shape index (κ2) is 7.72. The van der Waals surface area contributed by atoms with Gasteiger partial charge in [0, 0.05) is 12.1 Å². The molecule has 0 saturated heterocycles. The molecule has 0 N–H and O–H groups in total. The number of benzene rings is 1. The van der Waals surface area contributed by atoms with E-state index >= 15 is 0 Å². The van der Waals surface area contributed by atoms with Gasteiger partial charge in [0.25, 0.3) is 0 Å². The molecule has 4 nitrogen and oxygen atoms in total. The highest BCUT2D eigenvalue weighted by atomic mass is 15.5. The summed E-state index contributed by atoms with van der Waals surface area (Å²) in [6.07, 6.45) is 6.71. The summed E-state index contributed by atoms with van der Waals surface area (Å²) in [5.41, 5.74) is 3.36. The Morgan fingerprint density at radius 2 is 2.14 bits per heavy atom. The largest absolute Gasteiger partial charge is 0.225 e. The van der Waals surface area contributed by atoms with E-state index in [4.69, 9.17) is 0 Å². The smallest absolute Gasteiger partial charge is 0.182 e. The monoisotopic (exact) mass is 283 g/mol. The predicted molar refractivity (Wildman–Crippen MR) is 86.4 cm³/mol. The minimum absolute atomic E-state index is 0.838. The van der Waals surface area contributed by atoms with Gasteiger partial charge in [0.15, 0.2) is 5.82 Å². The molecule has 2 rings (SSSR count). The van der Waals surface area contributed by atoms with Crippen LogP contribution in [0, 0.1) is 6.92 Å². The molecule has 0 aliphatic rings. The summed E-state index contributed by atoms with van der Waals surface area (Å²) in [5.74, 6) is 0.838. The van der Waals surface area contributed by atoms with Crippen LogP contribution in [-0.4, -0.2) is 20.2 Å². The Hall–Kier alpha value is -1.97. The molecule has 0 aliphatic heterocycles. The summed E-state index contributed by atoms with van der Waals surface area (Å²) in [6, 6.07) is 8.28. The van der Waals surface area contributed by atoms with E-state index in [9.17, 15) is 0 Å². The van der Waals surface area contributed by atoms with Crippen LogP contribution in [0.3, 0.4) is 0 Å². The topological polar surface area (TPSA) is 43.6 Å². The molecule has 0 fully saturated rings. The Labute approximate surface area is 126 Å². The van der Waals surface area contributed by atoms with Gasteiger partial charge < -0.3 is 0 Å². The van der Waals surface area contributed by atoms with E-state index in [1.807, 2.05) is 22.9 Å². The van der Waals surface area contributed by atoms with Crippen molar-refractivity contribution in [3.63, 3.8) is 0 Å². The highest BCUT2D eigenvalue weighted by molar-refractivity contribution is 5.69.